The van der Waals surface area contributed by atoms with Crippen molar-refractivity contribution in [3.63, 3.8) is 0 Å². The van der Waals surface area contributed by atoms with Crippen molar-refractivity contribution in [2.75, 3.05) is 0 Å². The van der Waals surface area contributed by atoms with Crippen molar-refractivity contribution in [1.29, 1.82) is 0 Å². The SMILES string of the molecule is O=[C](O)[Ni].[AlH3]. The molecule has 0 unspecified atom stereocenters. The van der Waals surface area contributed by atoms with E-state index in [0.717, 1.165) is 0 Å². The van der Waals surface area contributed by atoms with Gasteiger partial charge in [-0.1, -0.05) is 0 Å². The predicted molar refractivity (Wildman–Crippen MR) is 18.0 cm³/mol. The fourth-order valence-corrected chi connectivity index (χ4v) is 0. The predicted octanol–water partition coefficient (Wildman–Crippen LogP) is -0.973. The van der Waals surface area contributed by atoms with Crippen LogP contribution in [0.15, 0.2) is 0 Å². The monoisotopic (exact) mass is 133 g/mol. The molecule has 0 spiro atoms. The molecule has 0 aliphatic carbocycles. The quantitative estimate of drug-likeness (QED) is 0.432. The summed E-state index contributed by atoms with van der Waals surface area (Å²) in [5, 5.41) is 7.25. The van der Waals surface area contributed by atoms with E-state index in [9.17, 15) is 0 Å². The van der Waals surface area contributed by atoms with Crippen LogP contribution in [0.2, 0.25) is 0 Å². The van der Waals surface area contributed by atoms with Crippen LogP contribution in [0.5, 0.6) is 0 Å². The van der Waals surface area contributed by atoms with Crippen molar-refractivity contribution >= 4 is 22.3 Å². The molecule has 33 valence electrons. The molecule has 0 bridgehead atoms. The molecule has 0 aliphatic rings. The molecule has 0 heterocycles. The van der Waals surface area contributed by atoms with Gasteiger partial charge >= 0.3 is 30.3 Å². The van der Waals surface area contributed by atoms with E-state index in [1.54, 1.807) is 0 Å². The molecule has 0 radical (unpaired) electrons. The zero-order chi connectivity index (χ0) is 3.58. The molecule has 0 amide bonds. The van der Waals surface area contributed by atoms with Gasteiger partial charge in [-0.15, -0.1) is 0 Å². The maximum absolute atomic E-state index is 8.83. The molecule has 0 aromatic rings. The third-order valence-electron chi connectivity index (χ3n) is 0. The van der Waals surface area contributed by atoms with Gasteiger partial charge in [0.25, 0.3) is 0 Å². The van der Waals surface area contributed by atoms with Crippen molar-refractivity contribution in [2.24, 2.45) is 0 Å². The molecule has 0 saturated heterocycles. The largest absolute Gasteiger partial charge is 0.187 e. The Morgan fingerprint density at radius 3 is 1.80 bits per heavy atom. The average Bonchev–Trinajstić information content (AvgIpc) is 0.811. The topological polar surface area (TPSA) is 37.3 Å². The van der Waals surface area contributed by atoms with E-state index in [1.807, 2.05) is 0 Å². The molecule has 0 aromatic carbocycles. The molecular weight excluding hydrogens is 130 g/mol. The van der Waals surface area contributed by atoms with Crippen molar-refractivity contribution in [3.8, 4) is 0 Å². The third kappa shape index (κ3) is 114. The summed E-state index contributed by atoms with van der Waals surface area (Å²) in [5.41, 5.74) is 0. The van der Waals surface area contributed by atoms with Gasteiger partial charge in [0.05, 0.1) is 0 Å². The van der Waals surface area contributed by atoms with E-state index in [2.05, 4.69) is 15.5 Å². The Hall–Kier alpha value is 0.496. The van der Waals surface area contributed by atoms with Crippen LogP contribution in [-0.4, -0.2) is 27.4 Å². The van der Waals surface area contributed by atoms with E-state index in [4.69, 9.17) is 9.90 Å². The number of hydrogen-bond acceptors (Lipinski definition) is 1. The number of hydrogen-bond donors (Lipinski definition) is 1. The zero-order valence-electron chi connectivity index (χ0n) is 1.67. The van der Waals surface area contributed by atoms with E-state index >= 15 is 0 Å². The fraction of sp³-hybridized carbons (Fsp3) is 0. The van der Waals surface area contributed by atoms with Crippen LogP contribution in [0.4, 0.5) is 4.79 Å². The number of carbonyl (C=O) groups is 1. The smallest absolute Gasteiger partial charge is 0.187 e. The molecule has 4 heteroatoms. The van der Waals surface area contributed by atoms with Gasteiger partial charge in [0.2, 0.25) is 0 Å². The van der Waals surface area contributed by atoms with Gasteiger partial charge in [0.15, 0.2) is 17.4 Å². The first-order valence-corrected chi connectivity index (χ1v) is 1.08. The van der Waals surface area contributed by atoms with Crippen molar-refractivity contribution < 1.29 is 25.4 Å². The number of carboxylic acid groups (broad SMARTS) is 1. The summed E-state index contributed by atoms with van der Waals surface area (Å²) in [6.07, 6.45) is 0. The molecule has 2 nitrogen and oxygen atoms in total. The van der Waals surface area contributed by atoms with Crippen molar-refractivity contribution in [3.05, 3.63) is 0 Å². The maximum atomic E-state index is 8.83. The van der Waals surface area contributed by atoms with Crippen molar-refractivity contribution in [1.82, 2.24) is 0 Å². The first kappa shape index (κ1) is 9.09. The van der Waals surface area contributed by atoms with Crippen LogP contribution in [-0.2, 0) is 15.5 Å². The Kier molecular flexibility index (Phi) is 8.17. The van der Waals surface area contributed by atoms with Crippen LogP contribution < -0.4 is 0 Å². The molecule has 0 rings (SSSR count). The summed E-state index contributed by atoms with van der Waals surface area (Å²) in [6.45, 7) is 0. The van der Waals surface area contributed by atoms with Crippen LogP contribution in [0.1, 0.15) is 0 Å². The Bertz CT molecular complexity index is 32.6. The van der Waals surface area contributed by atoms with E-state index in [0.29, 0.717) is 0 Å². The van der Waals surface area contributed by atoms with E-state index in [1.165, 1.54) is 0 Å². The number of rotatable bonds is 0. The second-order valence-corrected chi connectivity index (χ2v) is 0.649. The molecule has 0 saturated carbocycles. The van der Waals surface area contributed by atoms with Gasteiger partial charge in [-0.3, -0.25) is 0 Å². The maximum Gasteiger partial charge on any atom is 0.187 e. The summed E-state index contributed by atoms with van der Waals surface area (Å²) < 4.78 is 0. The minimum Gasteiger partial charge on any atom is 0.187 e. The Morgan fingerprint density at radius 1 is 1.80 bits per heavy atom. The standard InChI is InChI=1S/CHO2.Al.Ni.3H/c2-1-3;;;;;/h(H,2,3);;;;;. The Balaban J connectivity index is 0. The van der Waals surface area contributed by atoms with Crippen LogP contribution in [0.25, 0.3) is 0 Å². The summed E-state index contributed by atoms with van der Waals surface area (Å²) in [6, 6.07) is 0. The fourth-order valence-electron chi connectivity index (χ4n) is 0. The van der Waals surface area contributed by atoms with Crippen LogP contribution >= 0.6 is 0 Å². The third-order valence-corrected chi connectivity index (χ3v) is 0. The average molecular weight is 134 g/mol. The second-order valence-electron chi connectivity index (χ2n) is 0.227. The van der Waals surface area contributed by atoms with Gasteiger partial charge in [-0.25, -0.2) is 0 Å². The van der Waals surface area contributed by atoms with Crippen LogP contribution in [0, 0.1) is 0 Å². The second kappa shape index (κ2) is 4.50. The Labute approximate surface area is 48.1 Å². The van der Waals surface area contributed by atoms with Gasteiger partial charge in [-0.05, 0) is 0 Å². The van der Waals surface area contributed by atoms with Crippen LogP contribution in [0.3, 0.4) is 0 Å². The van der Waals surface area contributed by atoms with E-state index < -0.39 is 4.94 Å². The molecule has 0 aromatic heterocycles. The first-order chi connectivity index (χ1) is 1.73. The van der Waals surface area contributed by atoms with Gasteiger partial charge < -0.3 is 0 Å². The van der Waals surface area contributed by atoms with Crippen molar-refractivity contribution in [2.45, 2.75) is 0 Å². The zero-order valence-corrected chi connectivity index (χ0v) is 2.66. The molecule has 0 atom stereocenters. The first-order valence-electron chi connectivity index (χ1n) is 0.586. The normalized spacial score (nSPS) is 5.20. The molecule has 1 N–H and O–H groups in total. The summed E-state index contributed by atoms with van der Waals surface area (Å²) >= 11 is 3.29. The van der Waals surface area contributed by atoms with Gasteiger partial charge in [0, 0.05) is 0 Å². The van der Waals surface area contributed by atoms with Gasteiger partial charge in [0.1, 0.15) is 0 Å². The summed E-state index contributed by atoms with van der Waals surface area (Å²) in [7, 11) is 0. The minimum atomic E-state index is -1.21. The molecule has 0 fully saturated rings. The minimum absolute atomic E-state index is 0. The Morgan fingerprint density at radius 2 is 1.80 bits per heavy atom. The summed E-state index contributed by atoms with van der Waals surface area (Å²) in [5.74, 6) is 0. The summed E-state index contributed by atoms with van der Waals surface area (Å²) in [4.78, 5) is 7.63. The van der Waals surface area contributed by atoms with Gasteiger partial charge in [-0.2, -0.15) is 0 Å². The molecule has 0 aliphatic heterocycles. The molecule has 5 heavy (non-hydrogen) atoms. The molecular formula is CH4AlNiO2. The van der Waals surface area contributed by atoms with E-state index in [-0.39, 0.29) is 17.4 Å².